The van der Waals surface area contributed by atoms with Crippen LogP contribution in [0.2, 0.25) is 0 Å². The Hall–Kier alpha value is -0.270. The smallest absolute Gasteiger partial charge is 0.230 e. The van der Waals surface area contributed by atoms with Gasteiger partial charge in [-0.05, 0) is 31.9 Å². The van der Waals surface area contributed by atoms with Crippen molar-refractivity contribution in [3.05, 3.63) is 0 Å². The van der Waals surface area contributed by atoms with Gasteiger partial charge in [0.15, 0.2) is 8.68 Å². The third kappa shape index (κ3) is 7.17. The molecule has 0 spiro atoms. The van der Waals surface area contributed by atoms with E-state index in [0.29, 0.717) is 11.7 Å². The van der Waals surface area contributed by atoms with Gasteiger partial charge < -0.3 is 5.32 Å². The first-order valence-corrected chi connectivity index (χ1v) is 9.33. The maximum atomic E-state index is 11.8. The molecule has 108 valence electrons. The molecule has 0 radical (unpaired) electrons. The van der Waals surface area contributed by atoms with E-state index < -0.39 is 0 Å². The number of amides is 1. The third-order valence-corrected chi connectivity index (χ3v) is 5.51. The van der Waals surface area contributed by atoms with Gasteiger partial charge in [-0.15, -0.1) is 10.2 Å². The van der Waals surface area contributed by atoms with Crippen molar-refractivity contribution in [1.82, 2.24) is 15.5 Å². The molecule has 0 aliphatic heterocycles. The first-order chi connectivity index (χ1) is 9.01. The number of rotatable bonds is 8. The summed E-state index contributed by atoms with van der Waals surface area (Å²) in [5.41, 5.74) is 0. The fourth-order valence-corrected chi connectivity index (χ4v) is 3.69. The Bertz CT molecular complexity index is 395. The van der Waals surface area contributed by atoms with Crippen LogP contribution in [-0.4, -0.2) is 34.2 Å². The number of hydrogen-bond donors (Lipinski definition) is 1. The summed E-state index contributed by atoms with van der Waals surface area (Å²) in [5, 5.41) is 11.0. The van der Waals surface area contributed by atoms with Gasteiger partial charge in [0.05, 0.1) is 5.75 Å². The zero-order valence-electron chi connectivity index (χ0n) is 11.8. The van der Waals surface area contributed by atoms with E-state index in [0.717, 1.165) is 21.5 Å². The van der Waals surface area contributed by atoms with Crippen molar-refractivity contribution in [2.45, 2.75) is 48.3 Å². The second-order valence-electron chi connectivity index (χ2n) is 4.77. The molecular formula is C12H21N3OS3. The van der Waals surface area contributed by atoms with Crippen LogP contribution in [0.4, 0.5) is 0 Å². The highest BCUT2D eigenvalue weighted by Gasteiger charge is 2.10. The molecule has 0 bridgehead atoms. The molecule has 1 aromatic heterocycles. The Morgan fingerprint density at radius 2 is 1.95 bits per heavy atom. The molecule has 1 atom stereocenters. The molecular weight excluding hydrogens is 298 g/mol. The van der Waals surface area contributed by atoms with E-state index in [4.69, 9.17) is 0 Å². The van der Waals surface area contributed by atoms with Gasteiger partial charge >= 0.3 is 0 Å². The summed E-state index contributed by atoms with van der Waals surface area (Å²) in [6.45, 7) is 6.45. The minimum absolute atomic E-state index is 0.0714. The van der Waals surface area contributed by atoms with E-state index in [1.807, 2.05) is 6.26 Å². The predicted molar refractivity (Wildman–Crippen MR) is 84.1 cm³/mol. The molecule has 0 fully saturated rings. The van der Waals surface area contributed by atoms with Crippen LogP contribution in [0, 0.1) is 5.92 Å². The van der Waals surface area contributed by atoms with E-state index in [1.165, 1.54) is 23.1 Å². The van der Waals surface area contributed by atoms with Crippen LogP contribution < -0.4 is 5.32 Å². The third-order valence-electron chi connectivity index (χ3n) is 2.47. The molecule has 1 N–H and O–H groups in total. The van der Waals surface area contributed by atoms with Gasteiger partial charge in [-0.1, -0.05) is 48.7 Å². The predicted octanol–water partition coefficient (Wildman–Crippen LogP) is 3.29. The Morgan fingerprint density at radius 3 is 2.53 bits per heavy atom. The maximum Gasteiger partial charge on any atom is 0.230 e. The summed E-state index contributed by atoms with van der Waals surface area (Å²) in [4.78, 5) is 11.8. The Labute approximate surface area is 127 Å². The Balaban J connectivity index is 2.23. The van der Waals surface area contributed by atoms with Gasteiger partial charge in [0.2, 0.25) is 5.91 Å². The number of thioether (sulfide) groups is 2. The lowest BCUT2D eigenvalue weighted by Gasteiger charge is -2.14. The standard InChI is InChI=1S/C12H21N3OS3/c1-8(2)5-6-9(3)13-10(16)7-18-12-15-14-11(17-4)19-12/h8-9H,5-7H2,1-4H3,(H,13,16). The van der Waals surface area contributed by atoms with Crippen molar-refractivity contribution < 1.29 is 4.79 Å². The molecule has 1 unspecified atom stereocenters. The number of nitrogens with zero attached hydrogens (tertiary/aromatic N) is 2. The molecule has 19 heavy (non-hydrogen) atoms. The van der Waals surface area contributed by atoms with Gasteiger partial charge in [-0.25, -0.2) is 0 Å². The molecule has 1 heterocycles. The molecule has 1 aromatic rings. The van der Waals surface area contributed by atoms with Crippen LogP contribution in [-0.2, 0) is 4.79 Å². The van der Waals surface area contributed by atoms with E-state index in [1.54, 1.807) is 11.8 Å². The molecule has 0 aliphatic carbocycles. The fraction of sp³-hybridized carbons (Fsp3) is 0.750. The van der Waals surface area contributed by atoms with Crippen molar-refractivity contribution in [3.63, 3.8) is 0 Å². The first kappa shape index (κ1) is 16.8. The van der Waals surface area contributed by atoms with Gasteiger partial charge in [0.1, 0.15) is 0 Å². The maximum absolute atomic E-state index is 11.8. The summed E-state index contributed by atoms with van der Waals surface area (Å²) in [5.74, 6) is 1.16. The lowest BCUT2D eigenvalue weighted by Crippen LogP contribution is -2.33. The second kappa shape index (κ2) is 8.81. The summed E-state index contributed by atoms with van der Waals surface area (Å²) in [6, 6.07) is 0.242. The normalized spacial score (nSPS) is 12.7. The average molecular weight is 320 g/mol. The van der Waals surface area contributed by atoms with Gasteiger partial charge in [0, 0.05) is 6.04 Å². The highest BCUT2D eigenvalue weighted by Crippen LogP contribution is 2.27. The molecule has 1 amide bonds. The molecule has 0 aromatic carbocycles. The van der Waals surface area contributed by atoms with E-state index in [-0.39, 0.29) is 11.9 Å². The van der Waals surface area contributed by atoms with Crippen LogP contribution in [0.3, 0.4) is 0 Å². The zero-order valence-corrected chi connectivity index (χ0v) is 14.3. The summed E-state index contributed by atoms with van der Waals surface area (Å²) >= 11 is 4.56. The number of hydrogen-bond acceptors (Lipinski definition) is 6. The van der Waals surface area contributed by atoms with Crippen molar-refractivity contribution in [2.24, 2.45) is 5.92 Å². The van der Waals surface area contributed by atoms with Crippen LogP contribution >= 0.6 is 34.9 Å². The highest BCUT2D eigenvalue weighted by molar-refractivity contribution is 8.03. The number of carbonyl (C=O) groups is 1. The first-order valence-electron chi connectivity index (χ1n) is 6.31. The molecule has 0 aliphatic rings. The highest BCUT2D eigenvalue weighted by atomic mass is 32.2. The van der Waals surface area contributed by atoms with Crippen LogP contribution in [0.15, 0.2) is 8.68 Å². The number of aromatic nitrogens is 2. The molecule has 1 rings (SSSR count). The quantitative estimate of drug-likeness (QED) is 0.745. The van der Waals surface area contributed by atoms with E-state index >= 15 is 0 Å². The van der Waals surface area contributed by atoms with Crippen LogP contribution in [0.25, 0.3) is 0 Å². The minimum Gasteiger partial charge on any atom is -0.353 e. The molecule has 4 nitrogen and oxygen atoms in total. The van der Waals surface area contributed by atoms with Crippen molar-refractivity contribution in [1.29, 1.82) is 0 Å². The van der Waals surface area contributed by atoms with Crippen molar-refractivity contribution in [2.75, 3.05) is 12.0 Å². The molecule has 0 saturated heterocycles. The van der Waals surface area contributed by atoms with Crippen LogP contribution in [0.1, 0.15) is 33.6 Å². The molecule has 7 heteroatoms. The van der Waals surface area contributed by atoms with Gasteiger partial charge in [-0.2, -0.15) is 0 Å². The summed E-state index contributed by atoms with van der Waals surface area (Å²) in [7, 11) is 0. The molecule has 0 saturated carbocycles. The zero-order chi connectivity index (χ0) is 14.3. The second-order valence-corrected chi connectivity index (χ2v) is 8.02. The minimum atomic E-state index is 0.0714. The monoisotopic (exact) mass is 319 g/mol. The summed E-state index contributed by atoms with van der Waals surface area (Å²) in [6.07, 6.45) is 4.14. The van der Waals surface area contributed by atoms with Crippen molar-refractivity contribution in [3.8, 4) is 0 Å². The van der Waals surface area contributed by atoms with Crippen LogP contribution in [0.5, 0.6) is 0 Å². The van der Waals surface area contributed by atoms with Gasteiger partial charge in [-0.3, -0.25) is 4.79 Å². The number of carbonyl (C=O) groups excluding carboxylic acids is 1. The SMILES string of the molecule is CSc1nnc(SCC(=O)NC(C)CCC(C)C)s1. The Morgan fingerprint density at radius 1 is 1.26 bits per heavy atom. The number of nitrogens with one attached hydrogen (secondary N) is 1. The largest absolute Gasteiger partial charge is 0.353 e. The average Bonchev–Trinajstić information content (AvgIpc) is 2.82. The van der Waals surface area contributed by atoms with E-state index in [9.17, 15) is 4.79 Å². The van der Waals surface area contributed by atoms with Gasteiger partial charge in [0.25, 0.3) is 0 Å². The van der Waals surface area contributed by atoms with Crippen molar-refractivity contribution >= 4 is 40.8 Å². The summed E-state index contributed by atoms with van der Waals surface area (Å²) < 4.78 is 1.79. The Kier molecular flexibility index (Phi) is 7.78. The topological polar surface area (TPSA) is 54.9 Å². The van der Waals surface area contributed by atoms with E-state index in [2.05, 4.69) is 36.3 Å². The lowest BCUT2D eigenvalue weighted by molar-refractivity contribution is -0.119. The fourth-order valence-electron chi connectivity index (χ4n) is 1.44. The lowest BCUT2D eigenvalue weighted by atomic mass is 10.0.